The fraction of sp³-hybridized carbons (Fsp3) is 0.800. The molecule has 0 amide bonds. The third-order valence-corrected chi connectivity index (χ3v) is 3.33. The Balaban J connectivity index is 2.29. The lowest BCUT2D eigenvalue weighted by molar-refractivity contribution is -0.144. The molecule has 0 aromatic heterocycles. The van der Waals surface area contributed by atoms with Crippen LogP contribution < -0.4 is 0 Å². The van der Waals surface area contributed by atoms with Crippen molar-refractivity contribution >= 4 is 5.97 Å². The maximum absolute atomic E-state index is 11.4. The molecule has 1 aliphatic heterocycles. The number of ether oxygens (including phenoxy) is 1. The Morgan fingerprint density at radius 2 is 1.88 bits per heavy atom. The van der Waals surface area contributed by atoms with E-state index in [0.29, 0.717) is 18.9 Å². The van der Waals surface area contributed by atoms with Crippen LogP contribution in [0.3, 0.4) is 0 Å². The van der Waals surface area contributed by atoms with Crippen molar-refractivity contribution in [3.8, 4) is 0 Å². The van der Waals surface area contributed by atoms with Crippen molar-refractivity contribution in [1.82, 2.24) is 0 Å². The first kappa shape index (κ1) is 14.3. The van der Waals surface area contributed by atoms with Gasteiger partial charge in [0.1, 0.15) is 0 Å². The largest absolute Gasteiger partial charge is 0.466 e. The zero-order valence-corrected chi connectivity index (χ0v) is 11.1. The summed E-state index contributed by atoms with van der Waals surface area (Å²) in [7, 11) is 0. The van der Waals surface area contributed by atoms with Gasteiger partial charge in [0.15, 0.2) is 0 Å². The highest BCUT2D eigenvalue weighted by Gasteiger charge is 2.05. The first-order valence-corrected chi connectivity index (χ1v) is 7.09. The predicted molar refractivity (Wildman–Crippen MR) is 70.8 cm³/mol. The Hall–Kier alpha value is -0.790. The lowest BCUT2D eigenvalue weighted by Crippen LogP contribution is -2.08. The van der Waals surface area contributed by atoms with Crippen LogP contribution in [0.15, 0.2) is 12.2 Å². The van der Waals surface area contributed by atoms with Gasteiger partial charge < -0.3 is 4.74 Å². The average Bonchev–Trinajstić information content (AvgIpc) is 2.31. The van der Waals surface area contributed by atoms with E-state index in [2.05, 4.69) is 19.1 Å². The maximum Gasteiger partial charge on any atom is 0.305 e. The number of carbonyl (C=O) groups excluding carboxylic acids is 1. The summed E-state index contributed by atoms with van der Waals surface area (Å²) in [6, 6.07) is 0. The molecule has 1 atom stereocenters. The summed E-state index contributed by atoms with van der Waals surface area (Å²) in [6.07, 6.45) is 14.5. The highest BCUT2D eigenvalue weighted by Crippen LogP contribution is 2.12. The third kappa shape index (κ3) is 8.00. The highest BCUT2D eigenvalue weighted by atomic mass is 16.5. The third-order valence-electron chi connectivity index (χ3n) is 3.33. The topological polar surface area (TPSA) is 26.3 Å². The van der Waals surface area contributed by atoms with Crippen LogP contribution in [0.1, 0.15) is 64.7 Å². The van der Waals surface area contributed by atoms with Gasteiger partial charge in [0.25, 0.3) is 0 Å². The number of hydrogen-bond donors (Lipinski definition) is 0. The Labute approximate surface area is 105 Å². The van der Waals surface area contributed by atoms with Gasteiger partial charge in [0.2, 0.25) is 0 Å². The van der Waals surface area contributed by atoms with Crippen molar-refractivity contribution in [2.45, 2.75) is 64.7 Å². The summed E-state index contributed by atoms with van der Waals surface area (Å²) >= 11 is 0. The van der Waals surface area contributed by atoms with Crippen LogP contribution in [0, 0.1) is 5.92 Å². The molecule has 1 heterocycles. The standard InChI is InChI=1S/C15H26O2/c1-14-10-8-6-4-2-3-5-7-9-11-15(16)17-13-12-14/h6,8,14H,2-5,7,9-13H2,1H3. The van der Waals surface area contributed by atoms with E-state index in [9.17, 15) is 4.79 Å². The fourth-order valence-corrected chi connectivity index (χ4v) is 2.07. The fourth-order valence-electron chi connectivity index (χ4n) is 2.07. The molecule has 0 aliphatic carbocycles. The Kier molecular flexibility index (Phi) is 7.78. The van der Waals surface area contributed by atoms with Crippen LogP contribution in [-0.4, -0.2) is 12.6 Å². The van der Waals surface area contributed by atoms with Crippen LogP contribution in [0.5, 0.6) is 0 Å². The minimum Gasteiger partial charge on any atom is -0.466 e. The van der Waals surface area contributed by atoms with Gasteiger partial charge in [-0.25, -0.2) is 0 Å². The Morgan fingerprint density at radius 3 is 2.76 bits per heavy atom. The van der Waals surface area contributed by atoms with Crippen molar-refractivity contribution in [3.63, 3.8) is 0 Å². The van der Waals surface area contributed by atoms with Gasteiger partial charge >= 0.3 is 5.97 Å². The minimum atomic E-state index is -0.0115. The first-order valence-electron chi connectivity index (χ1n) is 7.09. The molecule has 1 aliphatic rings. The molecule has 2 heteroatoms. The SMILES string of the molecule is CC1CC=CCCCCCCCC(=O)OCC1. The lowest BCUT2D eigenvalue weighted by atomic mass is 10.0. The van der Waals surface area contributed by atoms with Crippen LogP contribution in [0.2, 0.25) is 0 Å². The van der Waals surface area contributed by atoms with Gasteiger partial charge in [-0.3, -0.25) is 4.79 Å². The molecule has 0 radical (unpaired) electrons. The predicted octanol–water partition coefficient (Wildman–Crippen LogP) is 4.25. The summed E-state index contributed by atoms with van der Waals surface area (Å²) in [5.41, 5.74) is 0. The summed E-state index contributed by atoms with van der Waals surface area (Å²) in [5.74, 6) is 0.604. The van der Waals surface area contributed by atoms with E-state index in [0.717, 1.165) is 25.7 Å². The zero-order valence-electron chi connectivity index (χ0n) is 11.1. The Morgan fingerprint density at radius 1 is 1.12 bits per heavy atom. The van der Waals surface area contributed by atoms with Crippen LogP contribution in [-0.2, 0) is 9.53 Å². The number of rotatable bonds is 0. The molecule has 0 aromatic carbocycles. The molecule has 98 valence electrons. The van der Waals surface area contributed by atoms with Gasteiger partial charge in [-0.15, -0.1) is 0 Å². The molecular weight excluding hydrogens is 212 g/mol. The van der Waals surface area contributed by atoms with Crippen molar-refractivity contribution < 1.29 is 9.53 Å². The summed E-state index contributed by atoms with van der Waals surface area (Å²) in [6.45, 7) is 2.81. The number of esters is 1. The number of carbonyl (C=O) groups is 1. The monoisotopic (exact) mass is 238 g/mol. The van der Waals surface area contributed by atoms with Crippen LogP contribution in [0.25, 0.3) is 0 Å². The maximum atomic E-state index is 11.4. The zero-order chi connectivity index (χ0) is 12.3. The number of hydrogen-bond acceptors (Lipinski definition) is 2. The smallest absolute Gasteiger partial charge is 0.305 e. The summed E-state index contributed by atoms with van der Waals surface area (Å²) in [5, 5.41) is 0. The van der Waals surface area contributed by atoms with Crippen molar-refractivity contribution in [1.29, 1.82) is 0 Å². The highest BCUT2D eigenvalue weighted by molar-refractivity contribution is 5.69. The first-order chi connectivity index (χ1) is 8.29. The quantitative estimate of drug-likeness (QED) is 0.466. The van der Waals surface area contributed by atoms with Crippen molar-refractivity contribution in [2.75, 3.05) is 6.61 Å². The molecule has 0 saturated carbocycles. The molecular formula is C15H26O2. The van der Waals surface area contributed by atoms with E-state index < -0.39 is 0 Å². The van der Waals surface area contributed by atoms with Gasteiger partial charge in [-0.05, 0) is 38.0 Å². The number of allylic oxidation sites excluding steroid dienone is 2. The normalized spacial score (nSPS) is 25.7. The van der Waals surface area contributed by atoms with Gasteiger partial charge in [-0.2, -0.15) is 0 Å². The molecule has 0 aromatic rings. The molecule has 1 unspecified atom stereocenters. The lowest BCUT2D eigenvalue weighted by Gasteiger charge is -2.09. The van der Waals surface area contributed by atoms with E-state index in [1.807, 2.05) is 0 Å². The summed E-state index contributed by atoms with van der Waals surface area (Å²) in [4.78, 5) is 11.4. The van der Waals surface area contributed by atoms with Gasteiger partial charge in [-0.1, -0.05) is 38.3 Å². The molecule has 1 rings (SSSR count). The van der Waals surface area contributed by atoms with E-state index in [1.54, 1.807) is 0 Å². The minimum absolute atomic E-state index is 0.0115. The van der Waals surface area contributed by atoms with Gasteiger partial charge in [0, 0.05) is 6.42 Å². The summed E-state index contributed by atoms with van der Waals surface area (Å²) < 4.78 is 5.23. The second kappa shape index (κ2) is 9.26. The van der Waals surface area contributed by atoms with Gasteiger partial charge in [0.05, 0.1) is 6.61 Å². The van der Waals surface area contributed by atoms with E-state index in [1.165, 1.54) is 25.7 Å². The second-order valence-corrected chi connectivity index (χ2v) is 5.13. The molecule has 0 spiro atoms. The number of cyclic esters (lactones) is 1. The van der Waals surface area contributed by atoms with Crippen LogP contribution in [0.4, 0.5) is 0 Å². The van der Waals surface area contributed by atoms with E-state index >= 15 is 0 Å². The van der Waals surface area contributed by atoms with E-state index in [-0.39, 0.29) is 5.97 Å². The molecule has 0 bridgehead atoms. The molecule has 17 heavy (non-hydrogen) atoms. The van der Waals surface area contributed by atoms with Crippen LogP contribution >= 0.6 is 0 Å². The average molecular weight is 238 g/mol. The molecule has 0 N–H and O–H groups in total. The van der Waals surface area contributed by atoms with Crippen molar-refractivity contribution in [3.05, 3.63) is 12.2 Å². The Bertz CT molecular complexity index is 233. The van der Waals surface area contributed by atoms with Crippen molar-refractivity contribution in [2.24, 2.45) is 5.92 Å². The molecule has 0 fully saturated rings. The molecule has 0 saturated heterocycles. The second-order valence-electron chi connectivity index (χ2n) is 5.13. The molecule has 2 nitrogen and oxygen atoms in total. The van der Waals surface area contributed by atoms with E-state index in [4.69, 9.17) is 4.74 Å².